The smallest absolute Gasteiger partial charge is 0.135 e. The Kier molecular flexibility index (Phi) is 1.58. The summed E-state index contributed by atoms with van der Waals surface area (Å²) >= 11 is 0. The van der Waals surface area contributed by atoms with Gasteiger partial charge in [-0.1, -0.05) is 5.21 Å². The first-order valence-electron chi connectivity index (χ1n) is 2.34. The molecule has 0 aliphatic rings. The van der Waals surface area contributed by atoms with Crippen molar-refractivity contribution in [2.24, 2.45) is 0 Å². The third-order valence-electron chi connectivity index (χ3n) is 0.744. The molecule has 1 aromatic heterocycles. The van der Waals surface area contributed by atoms with Crippen LogP contribution in [0.25, 0.3) is 0 Å². The lowest BCUT2D eigenvalue weighted by molar-refractivity contribution is 0.537. The largest absolute Gasteiger partial charge is 0.301 e. The number of nitrogens with zero attached hydrogens (tertiary/aromatic N) is 3. The van der Waals surface area contributed by atoms with Crippen LogP contribution in [0.5, 0.6) is 0 Å². The molecule has 0 aliphatic carbocycles. The van der Waals surface area contributed by atoms with Crippen molar-refractivity contribution in [2.75, 3.05) is 7.05 Å². The van der Waals surface area contributed by atoms with Crippen LogP contribution in [-0.4, -0.2) is 22.0 Å². The number of hydrogen-bond donors (Lipinski definition) is 1. The van der Waals surface area contributed by atoms with E-state index < -0.39 is 0 Å². The minimum Gasteiger partial charge on any atom is -0.301 e. The lowest BCUT2D eigenvalue weighted by atomic mass is 10.9. The number of aromatic nitrogens is 3. The summed E-state index contributed by atoms with van der Waals surface area (Å²) in [4.78, 5) is 0. The van der Waals surface area contributed by atoms with Gasteiger partial charge in [-0.25, -0.2) is 4.68 Å². The Balaban J connectivity index is 2.50. The predicted octanol–water partition coefficient (Wildman–Crippen LogP) is -0.745. The van der Waals surface area contributed by atoms with Gasteiger partial charge in [0.15, 0.2) is 0 Å². The first kappa shape index (κ1) is 5.24. The third kappa shape index (κ3) is 1.04. The molecule has 1 heterocycles. The van der Waals surface area contributed by atoms with Gasteiger partial charge in [0.25, 0.3) is 0 Å². The Morgan fingerprint density at radius 3 is 3.25 bits per heavy atom. The van der Waals surface area contributed by atoms with Crippen molar-refractivity contribution in [3.8, 4) is 0 Å². The van der Waals surface area contributed by atoms with Crippen molar-refractivity contribution < 1.29 is 0 Å². The molecule has 1 aromatic rings. The van der Waals surface area contributed by atoms with Crippen LogP contribution in [0.1, 0.15) is 0 Å². The molecule has 4 nitrogen and oxygen atoms in total. The fourth-order valence-electron chi connectivity index (χ4n) is 0.441. The fraction of sp³-hybridized carbons (Fsp3) is 0.500. The van der Waals surface area contributed by atoms with Gasteiger partial charge in [-0.2, -0.15) is 0 Å². The van der Waals surface area contributed by atoms with E-state index in [4.69, 9.17) is 0 Å². The molecule has 8 heavy (non-hydrogen) atoms. The van der Waals surface area contributed by atoms with Crippen LogP contribution in [0.4, 0.5) is 0 Å². The molecule has 1 rings (SSSR count). The molecule has 1 N–H and O–H groups in total. The maximum absolute atomic E-state index is 3.65. The average Bonchev–Trinajstić information content (AvgIpc) is 2.19. The molecule has 0 aliphatic heterocycles. The Morgan fingerprint density at radius 1 is 1.88 bits per heavy atom. The van der Waals surface area contributed by atoms with Gasteiger partial charge in [-0.15, -0.1) is 5.10 Å². The second-order valence-corrected chi connectivity index (χ2v) is 1.40. The molecule has 0 unspecified atom stereocenters. The van der Waals surface area contributed by atoms with E-state index in [0.29, 0.717) is 6.67 Å². The number of rotatable bonds is 2. The number of hydrogen-bond acceptors (Lipinski definition) is 3. The van der Waals surface area contributed by atoms with Gasteiger partial charge < -0.3 is 5.32 Å². The molecule has 0 spiro atoms. The van der Waals surface area contributed by atoms with Crippen LogP contribution in [-0.2, 0) is 6.67 Å². The summed E-state index contributed by atoms with van der Waals surface area (Å²) in [5.41, 5.74) is 0. The minimum atomic E-state index is 0.691. The highest BCUT2D eigenvalue weighted by Crippen LogP contribution is 1.72. The fourth-order valence-corrected chi connectivity index (χ4v) is 0.441. The van der Waals surface area contributed by atoms with E-state index in [1.807, 2.05) is 7.05 Å². The predicted molar refractivity (Wildman–Crippen MR) is 27.9 cm³/mol. The molecular formula is C4H7N4. The zero-order valence-corrected chi connectivity index (χ0v) is 4.63. The molecule has 0 saturated heterocycles. The first-order chi connectivity index (χ1) is 3.93. The lowest BCUT2D eigenvalue weighted by Crippen LogP contribution is -2.13. The molecule has 0 fully saturated rings. The summed E-state index contributed by atoms with van der Waals surface area (Å²) < 4.78 is 1.65. The second-order valence-electron chi connectivity index (χ2n) is 1.40. The van der Waals surface area contributed by atoms with E-state index in [9.17, 15) is 0 Å². The molecule has 1 radical (unpaired) electrons. The minimum absolute atomic E-state index is 0.691. The van der Waals surface area contributed by atoms with Gasteiger partial charge in [0.1, 0.15) is 6.20 Å². The van der Waals surface area contributed by atoms with Gasteiger partial charge in [-0.05, 0) is 7.05 Å². The van der Waals surface area contributed by atoms with E-state index in [2.05, 4.69) is 21.8 Å². The highest BCUT2D eigenvalue weighted by atomic mass is 15.4. The van der Waals surface area contributed by atoms with Gasteiger partial charge in [0, 0.05) is 0 Å². The van der Waals surface area contributed by atoms with Crippen molar-refractivity contribution >= 4 is 0 Å². The molecule has 0 amide bonds. The van der Waals surface area contributed by atoms with Crippen molar-refractivity contribution in [3.05, 3.63) is 12.4 Å². The standard InChI is InChI=1S/C4H7N4/c1-5-4-8-3-2-6-7-8/h3,5H,4H2,1H3. The molecular weight excluding hydrogens is 104 g/mol. The van der Waals surface area contributed by atoms with Gasteiger partial charge >= 0.3 is 0 Å². The zero-order valence-electron chi connectivity index (χ0n) is 4.63. The van der Waals surface area contributed by atoms with Crippen molar-refractivity contribution in [3.63, 3.8) is 0 Å². The summed E-state index contributed by atoms with van der Waals surface area (Å²) in [6.45, 7) is 0.691. The van der Waals surface area contributed by atoms with E-state index in [1.165, 1.54) is 0 Å². The zero-order chi connectivity index (χ0) is 5.82. The molecule has 0 atom stereocenters. The second kappa shape index (κ2) is 2.42. The Morgan fingerprint density at radius 2 is 2.75 bits per heavy atom. The Bertz CT molecular complexity index is 134. The average molecular weight is 111 g/mol. The Labute approximate surface area is 47.5 Å². The highest BCUT2D eigenvalue weighted by molar-refractivity contribution is 4.59. The maximum Gasteiger partial charge on any atom is 0.135 e. The van der Waals surface area contributed by atoms with Crippen LogP contribution in [0, 0.1) is 6.20 Å². The molecule has 0 aromatic carbocycles. The van der Waals surface area contributed by atoms with Crippen LogP contribution < -0.4 is 5.32 Å². The summed E-state index contributed by atoms with van der Waals surface area (Å²) in [7, 11) is 1.85. The molecule has 4 heteroatoms. The third-order valence-corrected chi connectivity index (χ3v) is 0.744. The lowest BCUT2D eigenvalue weighted by Gasteiger charge is -1.93. The van der Waals surface area contributed by atoms with E-state index >= 15 is 0 Å². The summed E-state index contributed by atoms with van der Waals surface area (Å²) in [5, 5.41) is 10.1. The molecule has 0 saturated carbocycles. The highest BCUT2D eigenvalue weighted by Gasteiger charge is 1.83. The summed E-state index contributed by atoms with van der Waals surface area (Å²) in [6.07, 6.45) is 4.25. The van der Waals surface area contributed by atoms with Crippen molar-refractivity contribution in [1.29, 1.82) is 0 Å². The quantitative estimate of drug-likeness (QED) is 0.546. The van der Waals surface area contributed by atoms with Gasteiger partial charge in [-0.3, -0.25) is 0 Å². The summed E-state index contributed by atoms with van der Waals surface area (Å²) in [6, 6.07) is 0. The monoisotopic (exact) mass is 111 g/mol. The molecule has 0 bridgehead atoms. The van der Waals surface area contributed by atoms with Crippen LogP contribution in [0.15, 0.2) is 6.20 Å². The molecule has 43 valence electrons. The van der Waals surface area contributed by atoms with Gasteiger partial charge in [0.2, 0.25) is 0 Å². The first-order valence-corrected chi connectivity index (χ1v) is 2.34. The van der Waals surface area contributed by atoms with Gasteiger partial charge in [0.05, 0.1) is 12.9 Å². The van der Waals surface area contributed by atoms with Crippen LogP contribution >= 0.6 is 0 Å². The topological polar surface area (TPSA) is 42.7 Å². The maximum atomic E-state index is 3.65. The van der Waals surface area contributed by atoms with Crippen LogP contribution in [0.3, 0.4) is 0 Å². The van der Waals surface area contributed by atoms with E-state index in [1.54, 1.807) is 10.9 Å². The normalized spacial score (nSPS) is 9.62. The SMILES string of the molecule is CNCn1c[c]nn1. The summed E-state index contributed by atoms with van der Waals surface area (Å²) in [5.74, 6) is 0. The van der Waals surface area contributed by atoms with Crippen molar-refractivity contribution in [1.82, 2.24) is 20.3 Å². The Hall–Kier alpha value is -0.900. The van der Waals surface area contributed by atoms with Crippen LogP contribution in [0.2, 0.25) is 0 Å². The number of nitrogens with one attached hydrogen (secondary N) is 1. The van der Waals surface area contributed by atoms with E-state index in [0.717, 1.165) is 0 Å². The van der Waals surface area contributed by atoms with Crippen molar-refractivity contribution in [2.45, 2.75) is 6.67 Å². The van der Waals surface area contributed by atoms with E-state index in [-0.39, 0.29) is 0 Å².